The molecule has 0 aliphatic rings. The number of unbranched alkanes of at least 4 members (excludes halogenated alkanes) is 6. The Morgan fingerprint density at radius 2 is 0.857 bits per heavy atom. The molecule has 0 aliphatic carbocycles. The van der Waals surface area contributed by atoms with Crippen molar-refractivity contribution in [2.75, 3.05) is 23.0 Å². The van der Waals surface area contributed by atoms with Gasteiger partial charge in [-0.1, -0.05) is 120 Å². The first-order valence-corrected chi connectivity index (χ1v) is 16.0. The van der Waals surface area contributed by atoms with E-state index in [0.717, 1.165) is 36.2 Å². The number of rotatable bonds is 18. The van der Waals surface area contributed by atoms with Crippen molar-refractivity contribution in [3.05, 3.63) is 0 Å². The van der Waals surface area contributed by atoms with Crippen molar-refractivity contribution in [1.29, 1.82) is 0 Å². The molecule has 212 valence electrons. The molecule has 0 spiro atoms. The Labute approximate surface area is 245 Å². The molecule has 0 bridgehead atoms. The SMILES string of the molecule is CC(C)CCCCCSCC(=O)O.CC(C)CCCCCSCC(=O)O.CCCC.CCCC.[Sn]. The van der Waals surface area contributed by atoms with Crippen LogP contribution in [0.4, 0.5) is 0 Å². The first kappa shape index (κ1) is 45.4. The largest absolute Gasteiger partial charge is 0.481 e. The topological polar surface area (TPSA) is 74.6 Å². The molecule has 0 fully saturated rings. The Balaban J connectivity index is -0.000000128. The van der Waals surface area contributed by atoms with Crippen LogP contribution in [0.1, 0.15) is 132 Å². The van der Waals surface area contributed by atoms with Gasteiger partial charge in [0.2, 0.25) is 0 Å². The van der Waals surface area contributed by atoms with Crippen molar-refractivity contribution >= 4 is 59.4 Å². The van der Waals surface area contributed by atoms with Crippen LogP contribution >= 0.6 is 23.5 Å². The summed E-state index contributed by atoms with van der Waals surface area (Å²) in [4.78, 5) is 20.3. The molecule has 7 heteroatoms. The number of hydrogen-bond donors (Lipinski definition) is 2. The number of carboxylic acid groups (broad SMARTS) is 2. The Morgan fingerprint density at radius 1 is 0.571 bits per heavy atom. The van der Waals surface area contributed by atoms with Crippen LogP contribution in [-0.4, -0.2) is 69.1 Å². The van der Waals surface area contributed by atoms with Gasteiger partial charge in [-0.05, 0) is 36.2 Å². The van der Waals surface area contributed by atoms with Crippen LogP contribution < -0.4 is 0 Å². The summed E-state index contributed by atoms with van der Waals surface area (Å²) in [6, 6.07) is 0. The second-order valence-corrected chi connectivity index (χ2v) is 11.6. The first-order valence-electron chi connectivity index (χ1n) is 13.7. The predicted octanol–water partition coefficient (Wildman–Crippen LogP) is 9.27. The molecule has 2 N–H and O–H groups in total. The van der Waals surface area contributed by atoms with Crippen molar-refractivity contribution in [2.45, 2.75) is 132 Å². The molecule has 0 unspecified atom stereocenters. The summed E-state index contributed by atoms with van der Waals surface area (Å²) in [7, 11) is 0. The van der Waals surface area contributed by atoms with Crippen LogP contribution in [0.15, 0.2) is 0 Å². The Bertz CT molecular complexity index is 355. The minimum atomic E-state index is -0.702. The molecule has 0 aromatic rings. The van der Waals surface area contributed by atoms with Crippen molar-refractivity contribution in [1.82, 2.24) is 0 Å². The fourth-order valence-corrected chi connectivity index (χ4v) is 3.64. The smallest absolute Gasteiger partial charge is 0.313 e. The molecule has 0 amide bonds. The number of carboxylic acids is 2. The maximum atomic E-state index is 10.2. The third kappa shape index (κ3) is 72.0. The molecule has 35 heavy (non-hydrogen) atoms. The summed E-state index contributed by atoms with van der Waals surface area (Å²) < 4.78 is 0. The molecular formula is C28H60O4S2Sn. The summed E-state index contributed by atoms with van der Waals surface area (Å²) in [5.74, 6) is 2.68. The molecule has 0 aromatic carbocycles. The summed E-state index contributed by atoms with van der Waals surface area (Å²) in [6.45, 7) is 17.7. The van der Waals surface area contributed by atoms with Crippen molar-refractivity contribution < 1.29 is 19.8 Å². The molecule has 0 aliphatic heterocycles. The first-order chi connectivity index (χ1) is 16.1. The zero-order valence-electron chi connectivity index (χ0n) is 24.5. The molecule has 4 radical (unpaired) electrons. The normalized spacial score (nSPS) is 9.66. The quantitative estimate of drug-likeness (QED) is 0.115. The number of hydrogen-bond acceptors (Lipinski definition) is 4. The van der Waals surface area contributed by atoms with Crippen molar-refractivity contribution in [2.24, 2.45) is 11.8 Å². The minimum absolute atomic E-state index is 0. The van der Waals surface area contributed by atoms with Crippen LogP contribution in [0.25, 0.3) is 0 Å². The van der Waals surface area contributed by atoms with Crippen molar-refractivity contribution in [3.63, 3.8) is 0 Å². The molecule has 4 nitrogen and oxygen atoms in total. The molecular weight excluding hydrogens is 583 g/mol. The Kier molecular flexibility index (Phi) is 53.9. The zero-order valence-corrected chi connectivity index (χ0v) is 29.0. The van der Waals surface area contributed by atoms with Crippen LogP contribution in [0.5, 0.6) is 0 Å². The van der Waals surface area contributed by atoms with Gasteiger partial charge < -0.3 is 10.2 Å². The van der Waals surface area contributed by atoms with Crippen molar-refractivity contribution in [3.8, 4) is 0 Å². The van der Waals surface area contributed by atoms with Gasteiger partial charge in [0, 0.05) is 23.9 Å². The predicted molar refractivity (Wildman–Crippen MR) is 163 cm³/mol. The second kappa shape index (κ2) is 41.6. The van der Waals surface area contributed by atoms with E-state index < -0.39 is 11.9 Å². The van der Waals surface area contributed by atoms with Gasteiger partial charge in [-0.15, -0.1) is 0 Å². The Hall–Kier alpha value is 0.439. The van der Waals surface area contributed by atoms with Gasteiger partial charge in [-0.25, -0.2) is 0 Å². The van der Waals surface area contributed by atoms with Crippen LogP contribution in [0.3, 0.4) is 0 Å². The summed E-state index contributed by atoms with van der Waals surface area (Å²) in [6.07, 6.45) is 15.2. The Morgan fingerprint density at radius 3 is 1.06 bits per heavy atom. The van der Waals surface area contributed by atoms with Crippen LogP contribution in [-0.2, 0) is 9.59 Å². The fourth-order valence-electron chi connectivity index (χ4n) is 2.19. The number of thioether (sulfide) groups is 2. The third-order valence-corrected chi connectivity index (χ3v) is 6.65. The van der Waals surface area contributed by atoms with E-state index in [-0.39, 0.29) is 35.4 Å². The molecule has 0 heterocycles. The number of carbonyl (C=O) groups is 2. The summed E-state index contributed by atoms with van der Waals surface area (Å²) in [5.41, 5.74) is 0. The van der Waals surface area contributed by atoms with E-state index in [9.17, 15) is 9.59 Å². The van der Waals surface area contributed by atoms with Gasteiger partial charge in [0.25, 0.3) is 0 Å². The average Bonchev–Trinajstić information content (AvgIpc) is 2.77. The molecule has 0 saturated carbocycles. The van der Waals surface area contributed by atoms with E-state index in [1.165, 1.54) is 87.7 Å². The monoisotopic (exact) mass is 644 g/mol. The van der Waals surface area contributed by atoms with E-state index >= 15 is 0 Å². The fraction of sp³-hybridized carbons (Fsp3) is 0.929. The van der Waals surface area contributed by atoms with Crippen LogP contribution in [0.2, 0.25) is 0 Å². The van der Waals surface area contributed by atoms with E-state index in [1.54, 1.807) is 0 Å². The van der Waals surface area contributed by atoms with E-state index in [0.29, 0.717) is 0 Å². The molecule has 0 aromatic heterocycles. The van der Waals surface area contributed by atoms with Gasteiger partial charge in [0.05, 0.1) is 11.5 Å². The standard InChI is InChI=1S/2C10H20O2S.2C4H10.Sn/c2*1-9(2)6-4-3-5-7-13-8-10(11)12;2*1-3-4-2;/h2*9H,3-8H2,1-2H3,(H,11,12);2*3-4H2,1-2H3;. The zero-order chi connectivity index (χ0) is 27.0. The molecule has 0 rings (SSSR count). The van der Waals surface area contributed by atoms with E-state index in [2.05, 4.69) is 55.4 Å². The summed E-state index contributed by atoms with van der Waals surface area (Å²) >= 11 is 3.04. The van der Waals surface area contributed by atoms with E-state index in [4.69, 9.17) is 10.2 Å². The van der Waals surface area contributed by atoms with Gasteiger partial charge in [0.15, 0.2) is 0 Å². The van der Waals surface area contributed by atoms with E-state index in [1.807, 2.05) is 0 Å². The summed E-state index contributed by atoms with van der Waals surface area (Å²) in [5, 5.41) is 16.7. The van der Waals surface area contributed by atoms with Gasteiger partial charge in [-0.2, -0.15) is 23.5 Å². The maximum absolute atomic E-state index is 10.2. The number of aliphatic carboxylic acids is 2. The molecule has 0 saturated heterocycles. The minimum Gasteiger partial charge on any atom is -0.481 e. The molecule has 0 atom stereocenters. The maximum Gasteiger partial charge on any atom is 0.313 e. The average molecular weight is 644 g/mol. The third-order valence-electron chi connectivity index (χ3n) is 4.59. The second-order valence-electron chi connectivity index (χ2n) is 9.38. The van der Waals surface area contributed by atoms with Gasteiger partial charge in [-0.3, -0.25) is 9.59 Å². The van der Waals surface area contributed by atoms with Gasteiger partial charge in [0.1, 0.15) is 0 Å². The van der Waals surface area contributed by atoms with Crippen LogP contribution in [0, 0.1) is 11.8 Å². The van der Waals surface area contributed by atoms with Gasteiger partial charge >= 0.3 is 11.9 Å².